The first kappa shape index (κ1) is 13.5. The molecule has 0 aliphatic rings. The molecule has 0 spiro atoms. The highest BCUT2D eigenvalue weighted by molar-refractivity contribution is 7.93. The number of hydrogen-bond donors (Lipinski definition) is 2. The van der Waals surface area contributed by atoms with E-state index in [0.29, 0.717) is 5.69 Å². The van der Waals surface area contributed by atoms with Gasteiger partial charge < -0.3 is 5.11 Å². The van der Waals surface area contributed by atoms with Crippen molar-refractivity contribution in [1.82, 2.24) is 4.98 Å². The quantitative estimate of drug-likeness (QED) is 0.773. The minimum Gasteiger partial charge on any atom is -0.384 e. The SMILES string of the molecule is CC(C)S(=O)(=O)Nc1cccc(C#CCO)n1. The van der Waals surface area contributed by atoms with Crippen molar-refractivity contribution in [3.63, 3.8) is 0 Å². The molecule has 0 aliphatic carbocycles. The average Bonchev–Trinajstić information content (AvgIpc) is 2.26. The van der Waals surface area contributed by atoms with Gasteiger partial charge in [0.25, 0.3) is 0 Å². The van der Waals surface area contributed by atoms with Gasteiger partial charge >= 0.3 is 0 Å². The van der Waals surface area contributed by atoms with Crippen LogP contribution in [0.5, 0.6) is 0 Å². The fourth-order valence-electron chi connectivity index (χ4n) is 0.955. The summed E-state index contributed by atoms with van der Waals surface area (Å²) in [6.45, 7) is 2.90. The molecule has 0 aliphatic heterocycles. The van der Waals surface area contributed by atoms with Crippen LogP contribution < -0.4 is 4.72 Å². The second-order valence-corrected chi connectivity index (χ2v) is 5.80. The standard InChI is InChI=1S/C11H14N2O3S/c1-9(2)17(15,16)13-11-7-3-5-10(12-11)6-4-8-14/h3,5,7,9,14H,8H2,1-2H3,(H,12,13). The first-order valence-electron chi connectivity index (χ1n) is 5.04. The third-order valence-corrected chi connectivity index (χ3v) is 3.65. The molecule has 0 radical (unpaired) electrons. The zero-order valence-corrected chi connectivity index (χ0v) is 10.5. The lowest BCUT2D eigenvalue weighted by Crippen LogP contribution is -2.23. The molecular formula is C11H14N2O3S. The van der Waals surface area contributed by atoms with E-state index in [4.69, 9.17) is 5.11 Å². The van der Waals surface area contributed by atoms with Crippen LogP contribution in [0.15, 0.2) is 18.2 Å². The molecule has 5 nitrogen and oxygen atoms in total. The predicted molar refractivity (Wildman–Crippen MR) is 65.9 cm³/mol. The van der Waals surface area contributed by atoms with Crippen LogP contribution in [-0.4, -0.2) is 30.4 Å². The monoisotopic (exact) mass is 254 g/mol. The number of aliphatic hydroxyl groups excluding tert-OH is 1. The number of anilines is 1. The second-order valence-electron chi connectivity index (χ2n) is 3.56. The lowest BCUT2D eigenvalue weighted by Gasteiger charge is -2.09. The van der Waals surface area contributed by atoms with E-state index in [1.807, 2.05) is 0 Å². The smallest absolute Gasteiger partial charge is 0.236 e. The highest BCUT2D eigenvalue weighted by Gasteiger charge is 2.15. The Labute approximate surface area is 101 Å². The predicted octanol–water partition coefficient (Wildman–Crippen LogP) is 0.575. The summed E-state index contributed by atoms with van der Waals surface area (Å²) in [6.07, 6.45) is 0. The Morgan fingerprint density at radius 2 is 2.18 bits per heavy atom. The molecule has 17 heavy (non-hydrogen) atoms. The van der Waals surface area contributed by atoms with Crippen LogP contribution in [-0.2, 0) is 10.0 Å². The van der Waals surface area contributed by atoms with Gasteiger partial charge in [-0.3, -0.25) is 4.72 Å². The number of sulfonamides is 1. The van der Waals surface area contributed by atoms with Crippen LogP contribution in [0.4, 0.5) is 5.82 Å². The van der Waals surface area contributed by atoms with Crippen LogP contribution in [0.2, 0.25) is 0 Å². The summed E-state index contributed by atoms with van der Waals surface area (Å²) in [5.74, 6) is 5.27. The van der Waals surface area contributed by atoms with E-state index >= 15 is 0 Å². The Morgan fingerprint density at radius 3 is 2.76 bits per heavy atom. The third kappa shape index (κ3) is 4.06. The molecular weight excluding hydrogens is 240 g/mol. The molecule has 1 rings (SSSR count). The van der Waals surface area contributed by atoms with Gasteiger partial charge in [-0.25, -0.2) is 13.4 Å². The van der Waals surface area contributed by atoms with Crippen molar-refractivity contribution in [2.45, 2.75) is 19.1 Å². The van der Waals surface area contributed by atoms with Crippen molar-refractivity contribution in [2.75, 3.05) is 11.3 Å². The van der Waals surface area contributed by atoms with E-state index in [9.17, 15) is 8.42 Å². The molecule has 2 N–H and O–H groups in total. The number of nitrogens with zero attached hydrogens (tertiary/aromatic N) is 1. The third-order valence-electron chi connectivity index (χ3n) is 1.91. The van der Waals surface area contributed by atoms with E-state index in [2.05, 4.69) is 21.5 Å². The van der Waals surface area contributed by atoms with Gasteiger partial charge in [0, 0.05) is 0 Å². The largest absolute Gasteiger partial charge is 0.384 e. The Kier molecular flexibility index (Phi) is 4.49. The molecule has 0 unspecified atom stereocenters. The highest BCUT2D eigenvalue weighted by atomic mass is 32.2. The Hall–Kier alpha value is -1.58. The van der Waals surface area contributed by atoms with Crippen molar-refractivity contribution in [2.24, 2.45) is 0 Å². The van der Waals surface area contributed by atoms with Gasteiger partial charge in [-0.2, -0.15) is 0 Å². The van der Waals surface area contributed by atoms with Crippen molar-refractivity contribution in [1.29, 1.82) is 0 Å². The topological polar surface area (TPSA) is 79.3 Å². The van der Waals surface area contributed by atoms with Crippen molar-refractivity contribution in [3.8, 4) is 11.8 Å². The van der Waals surface area contributed by atoms with E-state index < -0.39 is 15.3 Å². The molecule has 0 amide bonds. The molecule has 6 heteroatoms. The van der Waals surface area contributed by atoms with Crippen LogP contribution in [0.25, 0.3) is 0 Å². The van der Waals surface area contributed by atoms with Gasteiger partial charge in [-0.15, -0.1) is 0 Å². The summed E-state index contributed by atoms with van der Waals surface area (Å²) in [6, 6.07) is 4.83. The van der Waals surface area contributed by atoms with Gasteiger partial charge in [0.15, 0.2) is 0 Å². The van der Waals surface area contributed by atoms with Gasteiger partial charge in [0.05, 0.1) is 5.25 Å². The Morgan fingerprint density at radius 1 is 1.47 bits per heavy atom. The summed E-state index contributed by atoms with van der Waals surface area (Å²) in [5, 5.41) is 8.01. The van der Waals surface area contributed by atoms with Crippen molar-refractivity contribution in [3.05, 3.63) is 23.9 Å². The normalized spacial score (nSPS) is 10.8. The maximum Gasteiger partial charge on any atom is 0.236 e. The molecule has 0 saturated carbocycles. The molecule has 1 aromatic heterocycles. The zero-order valence-electron chi connectivity index (χ0n) is 9.64. The first-order valence-corrected chi connectivity index (χ1v) is 6.59. The number of hydrogen-bond acceptors (Lipinski definition) is 4. The molecule has 0 saturated heterocycles. The second kappa shape index (κ2) is 5.66. The Balaban J connectivity index is 2.94. The van der Waals surface area contributed by atoms with E-state index in [-0.39, 0.29) is 12.4 Å². The van der Waals surface area contributed by atoms with Gasteiger partial charge in [-0.1, -0.05) is 12.0 Å². The summed E-state index contributed by atoms with van der Waals surface area (Å²) in [5.41, 5.74) is 0.406. The van der Waals surface area contributed by atoms with Gasteiger partial charge in [0.2, 0.25) is 10.0 Å². The number of nitrogens with one attached hydrogen (secondary N) is 1. The van der Waals surface area contributed by atoms with E-state index in [1.165, 1.54) is 0 Å². The van der Waals surface area contributed by atoms with Crippen molar-refractivity contribution < 1.29 is 13.5 Å². The van der Waals surface area contributed by atoms with Crippen LogP contribution in [0.3, 0.4) is 0 Å². The summed E-state index contributed by atoms with van der Waals surface area (Å²) in [7, 11) is -3.40. The van der Waals surface area contributed by atoms with Crippen LogP contribution in [0, 0.1) is 11.8 Å². The minimum absolute atomic E-state index is 0.225. The van der Waals surface area contributed by atoms with Gasteiger partial charge in [0.1, 0.15) is 18.1 Å². The number of rotatable bonds is 3. The number of aliphatic hydroxyl groups is 1. The number of aromatic nitrogens is 1. The maximum absolute atomic E-state index is 11.6. The molecule has 92 valence electrons. The fourth-order valence-corrected chi connectivity index (χ4v) is 1.60. The molecule has 1 heterocycles. The lowest BCUT2D eigenvalue weighted by molar-refractivity contribution is 0.350. The molecule has 1 aromatic rings. The van der Waals surface area contributed by atoms with Crippen LogP contribution in [0.1, 0.15) is 19.5 Å². The lowest BCUT2D eigenvalue weighted by atomic mass is 10.3. The molecule has 0 aromatic carbocycles. The molecule has 0 bridgehead atoms. The number of pyridine rings is 1. The first-order chi connectivity index (χ1) is 7.95. The van der Waals surface area contributed by atoms with E-state index in [1.54, 1.807) is 32.0 Å². The Bertz CT molecular complexity index is 541. The summed E-state index contributed by atoms with van der Waals surface area (Å²) < 4.78 is 25.6. The molecule has 0 atom stereocenters. The summed E-state index contributed by atoms with van der Waals surface area (Å²) in [4.78, 5) is 4.00. The maximum atomic E-state index is 11.6. The fraction of sp³-hybridized carbons (Fsp3) is 0.364. The summed E-state index contributed by atoms with van der Waals surface area (Å²) >= 11 is 0. The van der Waals surface area contributed by atoms with Gasteiger partial charge in [-0.05, 0) is 31.9 Å². The highest BCUT2D eigenvalue weighted by Crippen LogP contribution is 2.09. The zero-order chi connectivity index (χ0) is 12.9. The molecule has 0 fully saturated rings. The van der Waals surface area contributed by atoms with Crippen LogP contribution >= 0.6 is 0 Å². The average molecular weight is 254 g/mol. The van der Waals surface area contributed by atoms with E-state index in [0.717, 1.165) is 0 Å². The minimum atomic E-state index is -3.40. The van der Waals surface area contributed by atoms with Crippen molar-refractivity contribution >= 4 is 15.8 Å².